The summed E-state index contributed by atoms with van der Waals surface area (Å²) in [5.74, 6) is -0.308. The van der Waals surface area contributed by atoms with Gasteiger partial charge < -0.3 is 14.7 Å². The third kappa shape index (κ3) is 4.07. The number of anilines is 1. The van der Waals surface area contributed by atoms with Crippen molar-refractivity contribution in [2.75, 3.05) is 25.1 Å². The first-order chi connectivity index (χ1) is 8.04. The Bertz CT molecular complexity index is 359. The summed E-state index contributed by atoms with van der Waals surface area (Å²) in [5.41, 5.74) is 1.50. The number of esters is 1. The Hall–Kier alpha value is -1.55. The molecule has 1 aromatic carbocycles. The van der Waals surface area contributed by atoms with Crippen molar-refractivity contribution in [1.82, 2.24) is 0 Å². The number of hydrogen-bond donors (Lipinski definition) is 1. The summed E-state index contributed by atoms with van der Waals surface area (Å²) >= 11 is 0. The Morgan fingerprint density at radius 1 is 1.41 bits per heavy atom. The number of rotatable bonds is 5. The largest absolute Gasteiger partial charge is 0.462 e. The maximum Gasteiger partial charge on any atom is 0.338 e. The maximum atomic E-state index is 11.4. The minimum Gasteiger partial charge on any atom is -0.462 e. The molecule has 0 spiro atoms. The van der Waals surface area contributed by atoms with Gasteiger partial charge in [0.2, 0.25) is 0 Å². The van der Waals surface area contributed by atoms with Crippen LogP contribution in [0.25, 0.3) is 0 Å². The molecule has 0 aromatic heterocycles. The molecule has 1 aromatic rings. The van der Waals surface area contributed by atoms with Gasteiger partial charge >= 0.3 is 5.97 Å². The van der Waals surface area contributed by atoms with Crippen molar-refractivity contribution >= 4 is 11.7 Å². The summed E-state index contributed by atoms with van der Waals surface area (Å²) in [7, 11) is 1.89. The summed E-state index contributed by atoms with van der Waals surface area (Å²) in [4.78, 5) is 13.4. The van der Waals surface area contributed by atoms with Crippen LogP contribution < -0.4 is 4.90 Å². The van der Waals surface area contributed by atoms with Gasteiger partial charge in [0.25, 0.3) is 0 Å². The van der Waals surface area contributed by atoms with Gasteiger partial charge in [-0.25, -0.2) is 4.79 Å². The molecule has 0 radical (unpaired) electrons. The van der Waals surface area contributed by atoms with Crippen molar-refractivity contribution in [3.05, 3.63) is 29.8 Å². The molecule has 0 aliphatic carbocycles. The topological polar surface area (TPSA) is 49.8 Å². The highest BCUT2D eigenvalue weighted by Crippen LogP contribution is 2.14. The number of aliphatic hydroxyl groups is 1. The van der Waals surface area contributed by atoms with Crippen LogP contribution in [0.2, 0.25) is 0 Å². The number of aliphatic hydroxyl groups excluding tert-OH is 1. The maximum absolute atomic E-state index is 11.4. The molecule has 1 atom stereocenters. The lowest BCUT2D eigenvalue weighted by molar-refractivity contribution is 0.0526. The van der Waals surface area contributed by atoms with Gasteiger partial charge in [0, 0.05) is 19.3 Å². The average molecular weight is 237 g/mol. The summed E-state index contributed by atoms with van der Waals surface area (Å²) in [5, 5.41) is 9.28. The molecule has 1 rings (SSSR count). The van der Waals surface area contributed by atoms with Crippen LogP contribution in [-0.4, -0.2) is 37.4 Å². The number of likely N-dealkylation sites (N-methyl/N-ethyl adjacent to an activating group) is 1. The Labute approximate surface area is 102 Å². The van der Waals surface area contributed by atoms with Crippen molar-refractivity contribution in [2.45, 2.75) is 20.0 Å². The van der Waals surface area contributed by atoms with E-state index in [-0.39, 0.29) is 12.1 Å². The van der Waals surface area contributed by atoms with E-state index in [9.17, 15) is 9.90 Å². The van der Waals surface area contributed by atoms with Gasteiger partial charge in [-0.05, 0) is 38.1 Å². The Morgan fingerprint density at radius 2 is 2.00 bits per heavy atom. The molecule has 0 fully saturated rings. The van der Waals surface area contributed by atoms with E-state index in [1.807, 2.05) is 24.1 Å². The predicted molar refractivity (Wildman–Crippen MR) is 67.3 cm³/mol. The van der Waals surface area contributed by atoms with E-state index in [2.05, 4.69) is 0 Å². The molecule has 0 heterocycles. The molecule has 0 amide bonds. The van der Waals surface area contributed by atoms with Gasteiger partial charge in [0.15, 0.2) is 0 Å². The normalized spacial score (nSPS) is 12.0. The van der Waals surface area contributed by atoms with Gasteiger partial charge in [0.05, 0.1) is 18.3 Å². The quantitative estimate of drug-likeness (QED) is 0.792. The minimum atomic E-state index is -0.385. The van der Waals surface area contributed by atoms with Crippen LogP contribution in [-0.2, 0) is 4.74 Å². The second-order valence-corrected chi connectivity index (χ2v) is 4.00. The highest BCUT2D eigenvalue weighted by atomic mass is 16.5. The van der Waals surface area contributed by atoms with Crippen molar-refractivity contribution in [3.63, 3.8) is 0 Å². The monoisotopic (exact) mass is 237 g/mol. The number of carbonyl (C=O) groups excluding carboxylic acids is 1. The fourth-order valence-electron chi connectivity index (χ4n) is 1.57. The molecule has 0 bridgehead atoms. The fraction of sp³-hybridized carbons (Fsp3) is 0.462. The van der Waals surface area contributed by atoms with Crippen molar-refractivity contribution in [2.24, 2.45) is 0 Å². The van der Waals surface area contributed by atoms with Crippen LogP contribution in [0, 0.1) is 0 Å². The van der Waals surface area contributed by atoms with E-state index in [0.29, 0.717) is 18.7 Å². The van der Waals surface area contributed by atoms with Gasteiger partial charge in [-0.15, -0.1) is 0 Å². The Kier molecular flexibility index (Phi) is 4.97. The number of nitrogens with zero attached hydrogens (tertiary/aromatic N) is 1. The standard InChI is InChI=1S/C13H19NO3/c1-4-17-13(16)11-5-7-12(8-6-11)14(3)9-10(2)15/h5-8,10,15H,4,9H2,1-3H3. The first kappa shape index (κ1) is 13.5. The van der Waals surface area contributed by atoms with Crippen LogP contribution >= 0.6 is 0 Å². The lowest BCUT2D eigenvalue weighted by atomic mass is 10.2. The number of benzene rings is 1. The summed E-state index contributed by atoms with van der Waals surface area (Å²) in [6, 6.07) is 7.14. The van der Waals surface area contributed by atoms with Crippen LogP contribution in [0.3, 0.4) is 0 Å². The summed E-state index contributed by atoms with van der Waals surface area (Å²) in [6.45, 7) is 4.45. The van der Waals surface area contributed by atoms with Crippen LogP contribution in [0.1, 0.15) is 24.2 Å². The molecular formula is C13H19NO3. The number of hydrogen-bond acceptors (Lipinski definition) is 4. The Morgan fingerprint density at radius 3 is 2.47 bits per heavy atom. The second-order valence-electron chi connectivity index (χ2n) is 4.00. The third-order valence-electron chi connectivity index (χ3n) is 2.36. The fourth-order valence-corrected chi connectivity index (χ4v) is 1.57. The zero-order valence-electron chi connectivity index (χ0n) is 10.5. The molecule has 0 aliphatic rings. The molecule has 17 heavy (non-hydrogen) atoms. The van der Waals surface area contributed by atoms with E-state index in [0.717, 1.165) is 5.69 Å². The van der Waals surface area contributed by atoms with E-state index in [1.54, 1.807) is 26.0 Å². The number of carbonyl (C=O) groups is 1. The molecule has 4 heteroatoms. The van der Waals surface area contributed by atoms with Gasteiger partial charge in [-0.1, -0.05) is 0 Å². The van der Waals surface area contributed by atoms with Gasteiger partial charge in [-0.2, -0.15) is 0 Å². The van der Waals surface area contributed by atoms with E-state index >= 15 is 0 Å². The zero-order chi connectivity index (χ0) is 12.8. The lowest BCUT2D eigenvalue weighted by Gasteiger charge is -2.20. The predicted octanol–water partition coefficient (Wildman–Crippen LogP) is 1.68. The first-order valence-corrected chi connectivity index (χ1v) is 5.71. The van der Waals surface area contributed by atoms with Gasteiger partial charge in [-0.3, -0.25) is 0 Å². The van der Waals surface area contributed by atoms with Crippen molar-refractivity contribution < 1.29 is 14.6 Å². The zero-order valence-corrected chi connectivity index (χ0v) is 10.5. The molecule has 1 N–H and O–H groups in total. The minimum absolute atomic E-state index is 0.308. The molecule has 1 unspecified atom stereocenters. The van der Waals surface area contributed by atoms with E-state index in [4.69, 9.17) is 4.74 Å². The van der Waals surface area contributed by atoms with Crippen molar-refractivity contribution in [1.29, 1.82) is 0 Å². The average Bonchev–Trinajstić information content (AvgIpc) is 2.28. The van der Waals surface area contributed by atoms with Gasteiger partial charge in [0.1, 0.15) is 0 Å². The lowest BCUT2D eigenvalue weighted by Crippen LogP contribution is -2.26. The SMILES string of the molecule is CCOC(=O)c1ccc(N(C)CC(C)O)cc1. The highest BCUT2D eigenvalue weighted by molar-refractivity contribution is 5.89. The van der Waals surface area contributed by atoms with E-state index < -0.39 is 0 Å². The molecule has 94 valence electrons. The Balaban J connectivity index is 2.70. The smallest absolute Gasteiger partial charge is 0.338 e. The van der Waals surface area contributed by atoms with Crippen LogP contribution in [0.5, 0.6) is 0 Å². The second kappa shape index (κ2) is 6.25. The number of ether oxygens (including phenoxy) is 1. The van der Waals surface area contributed by atoms with Crippen LogP contribution in [0.4, 0.5) is 5.69 Å². The molecule has 4 nitrogen and oxygen atoms in total. The van der Waals surface area contributed by atoms with Crippen LogP contribution in [0.15, 0.2) is 24.3 Å². The van der Waals surface area contributed by atoms with E-state index in [1.165, 1.54) is 0 Å². The molecular weight excluding hydrogens is 218 g/mol. The summed E-state index contributed by atoms with van der Waals surface area (Å²) in [6.07, 6.45) is -0.385. The van der Waals surface area contributed by atoms with Crippen molar-refractivity contribution in [3.8, 4) is 0 Å². The third-order valence-corrected chi connectivity index (χ3v) is 2.36. The molecule has 0 saturated carbocycles. The molecule has 0 saturated heterocycles. The first-order valence-electron chi connectivity index (χ1n) is 5.71. The summed E-state index contributed by atoms with van der Waals surface area (Å²) < 4.78 is 4.90. The molecule has 0 aliphatic heterocycles. The highest BCUT2D eigenvalue weighted by Gasteiger charge is 2.08.